The Balaban J connectivity index is 1.82. The molecule has 0 spiro atoms. The van der Waals surface area contributed by atoms with Gasteiger partial charge >= 0.3 is 5.97 Å². The number of rotatable bonds is 4. The third-order valence-corrected chi connectivity index (χ3v) is 3.49. The van der Waals surface area contributed by atoms with Crippen LogP contribution in [0.25, 0.3) is 22.4 Å². The summed E-state index contributed by atoms with van der Waals surface area (Å²) < 4.78 is 1.44. The zero-order valence-electron chi connectivity index (χ0n) is 11.0. The number of hydrogen-bond donors (Lipinski definition) is 2. The average molecular weight is 284 g/mol. The van der Waals surface area contributed by atoms with Gasteiger partial charge in [0.2, 0.25) is 0 Å². The van der Waals surface area contributed by atoms with Gasteiger partial charge < -0.3 is 5.11 Å². The summed E-state index contributed by atoms with van der Waals surface area (Å²) in [5, 5.41) is 24.0. The first-order valence-electron chi connectivity index (χ1n) is 6.68. The summed E-state index contributed by atoms with van der Waals surface area (Å²) in [4.78, 5) is 15.5. The molecule has 2 aromatic heterocycles. The molecular weight excluding hydrogens is 272 g/mol. The first kappa shape index (κ1) is 12.0. The molecular formula is C13H12N6O2. The molecule has 106 valence electrons. The quantitative estimate of drug-likeness (QED) is 0.744. The highest BCUT2D eigenvalue weighted by Crippen LogP contribution is 2.39. The number of carbonyl (C=O) groups is 1. The van der Waals surface area contributed by atoms with E-state index >= 15 is 0 Å². The Bertz CT molecular complexity index is 832. The van der Waals surface area contributed by atoms with Gasteiger partial charge in [0.1, 0.15) is 17.6 Å². The minimum atomic E-state index is -0.939. The summed E-state index contributed by atoms with van der Waals surface area (Å²) in [5.41, 5.74) is 2.26. The van der Waals surface area contributed by atoms with Crippen molar-refractivity contribution < 1.29 is 9.90 Å². The lowest BCUT2D eigenvalue weighted by molar-refractivity contribution is -0.137. The average Bonchev–Trinajstić information content (AvgIpc) is 3.06. The van der Waals surface area contributed by atoms with Crippen LogP contribution >= 0.6 is 0 Å². The van der Waals surface area contributed by atoms with E-state index in [0.717, 1.165) is 29.7 Å². The highest BCUT2D eigenvalue weighted by atomic mass is 16.4. The fourth-order valence-corrected chi connectivity index (χ4v) is 2.31. The van der Waals surface area contributed by atoms with Gasteiger partial charge in [0.05, 0.1) is 0 Å². The number of fused-ring (bicyclic) bond motifs is 1. The molecule has 2 heterocycles. The summed E-state index contributed by atoms with van der Waals surface area (Å²) in [5.74, 6) is 0.719. The van der Waals surface area contributed by atoms with E-state index in [1.807, 2.05) is 18.2 Å². The fraction of sp³-hybridized carbons (Fsp3) is 0.308. The van der Waals surface area contributed by atoms with Gasteiger partial charge in [-0.05, 0) is 31.0 Å². The molecule has 1 aliphatic rings. The van der Waals surface area contributed by atoms with Crippen molar-refractivity contribution in [2.24, 2.45) is 0 Å². The van der Waals surface area contributed by atoms with Crippen molar-refractivity contribution in [2.45, 2.75) is 25.3 Å². The van der Waals surface area contributed by atoms with Gasteiger partial charge in [-0.15, -0.1) is 0 Å². The number of H-pyrrole nitrogens is 1. The van der Waals surface area contributed by atoms with Crippen molar-refractivity contribution in [3.05, 3.63) is 24.0 Å². The van der Waals surface area contributed by atoms with Crippen LogP contribution in [0.2, 0.25) is 0 Å². The maximum atomic E-state index is 11.0. The summed E-state index contributed by atoms with van der Waals surface area (Å²) >= 11 is 0. The SMILES string of the molecule is O=C(O)Cn1nc(C2CC2)nc1-c1ccc2n[nH]nc2c1. The predicted molar refractivity (Wildman–Crippen MR) is 72.5 cm³/mol. The summed E-state index contributed by atoms with van der Waals surface area (Å²) in [7, 11) is 0. The number of aliphatic carboxylic acids is 1. The molecule has 21 heavy (non-hydrogen) atoms. The lowest BCUT2D eigenvalue weighted by atomic mass is 10.2. The fourth-order valence-electron chi connectivity index (χ4n) is 2.31. The van der Waals surface area contributed by atoms with E-state index in [-0.39, 0.29) is 6.54 Å². The van der Waals surface area contributed by atoms with Gasteiger partial charge in [0, 0.05) is 11.5 Å². The highest BCUT2D eigenvalue weighted by molar-refractivity contribution is 5.79. The van der Waals surface area contributed by atoms with Crippen LogP contribution in [-0.4, -0.2) is 41.3 Å². The number of aromatic amines is 1. The second kappa shape index (κ2) is 4.37. The van der Waals surface area contributed by atoms with Crippen molar-refractivity contribution >= 4 is 17.0 Å². The third-order valence-electron chi connectivity index (χ3n) is 3.49. The number of carboxylic acid groups (broad SMARTS) is 1. The van der Waals surface area contributed by atoms with Gasteiger partial charge in [-0.25, -0.2) is 9.67 Å². The Morgan fingerprint density at radius 2 is 2.14 bits per heavy atom. The van der Waals surface area contributed by atoms with Crippen LogP contribution in [0.5, 0.6) is 0 Å². The molecule has 1 aromatic carbocycles. The van der Waals surface area contributed by atoms with E-state index in [1.165, 1.54) is 4.68 Å². The predicted octanol–water partition coefficient (Wildman–Crippen LogP) is 1.18. The maximum Gasteiger partial charge on any atom is 0.325 e. The summed E-state index contributed by atoms with van der Waals surface area (Å²) in [6, 6.07) is 5.51. The standard InChI is InChI=1S/C13H12N6O2/c20-11(21)6-19-13(14-12(17-19)7-1-2-7)8-3-4-9-10(5-8)16-18-15-9/h3-5,7H,1-2,6H2,(H,20,21)(H,15,16,18). The Hall–Kier alpha value is -2.77. The molecule has 2 N–H and O–H groups in total. The van der Waals surface area contributed by atoms with Crippen LogP contribution in [0.4, 0.5) is 0 Å². The Morgan fingerprint density at radius 3 is 2.90 bits per heavy atom. The molecule has 0 radical (unpaired) electrons. The number of carboxylic acids is 1. The zero-order valence-corrected chi connectivity index (χ0v) is 11.0. The van der Waals surface area contributed by atoms with E-state index in [2.05, 4.69) is 25.5 Å². The minimum absolute atomic E-state index is 0.202. The molecule has 0 bridgehead atoms. The lowest BCUT2D eigenvalue weighted by Crippen LogP contribution is -2.11. The van der Waals surface area contributed by atoms with E-state index in [4.69, 9.17) is 5.11 Å². The molecule has 0 amide bonds. The molecule has 0 atom stereocenters. The molecule has 1 saturated carbocycles. The normalized spacial score (nSPS) is 14.7. The molecule has 1 fully saturated rings. The van der Waals surface area contributed by atoms with Crippen molar-refractivity contribution in [3.63, 3.8) is 0 Å². The number of nitrogens with zero attached hydrogens (tertiary/aromatic N) is 5. The van der Waals surface area contributed by atoms with Crippen LogP contribution in [0.15, 0.2) is 18.2 Å². The molecule has 0 aliphatic heterocycles. The maximum absolute atomic E-state index is 11.0. The third kappa shape index (κ3) is 2.14. The van der Waals surface area contributed by atoms with Crippen LogP contribution in [0.1, 0.15) is 24.6 Å². The van der Waals surface area contributed by atoms with E-state index in [9.17, 15) is 4.79 Å². The summed E-state index contributed by atoms with van der Waals surface area (Å²) in [6.45, 7) is -0.202. The highest BCUT2D eigenvalue weighted by Gasteiger charge is 2.29. The largest absolute Gasteiger partial charge is 0.480 e. The number of aromatic nitrogens is 6. The van der Waals surface area contributed by atoms with E-state index in [1.54, 1.807) is 0 Å². The number of benzene rings is 1. The van der Waals surface area contributed by atoms with Gasteiger partial charge in [0.15, 0.2) is 11.6 Å². The van der Waals surface area contributed by atoms with Crippen LogP contribution < -0.4 is 0 Å². The van der Waals surface area contributed by atoms with Crippen LogP contribution in [0.3, 0.4) is 0 Å². The molecule has 3 aromatic rings. The molecule has 0 saturated heterocycles. The monoisotopic (exact) mass is 284 g/mol. The molecule has 1 aliphatic carbocycles. The van der Waals surface area contributed by atoms with Crippen molar-refractivity contribution in [1.29, 1.82) is 0 Å². The lowest BCUT2D eigenvalue weighted by Gasteiger charge is -2.02. The molecule has 4 rings (SSSR count). The minimum Gasteiger partial charge on any atom is -0.480 e. The Labute approximate surface area is 118 Å². The molecule has 8 nitrogen and oxygen atoms in total. The van der Waals surface area contributed by atoms with Gasteiger partial charge in [0.25, 0.3) is 0 Å². The van der Waals surface area contributed by atoms with E-state index in [0.29, 0.717) is 17.3 Å². The Morgan fingerprint density at radius 1 is 1.33 bits per heavy atom. The Kier molecular flexibility index (Phi) is 2.50. The second-order valence-electron chi connectivity index (χ2n) is 5.15. The smallest absolute Gasteiger partial charge is 0.325 e. The van der Waals surface area contributed by atoms with Crippen LogP contribution in [0, 0.1) is 0 Å². The van der Waals surface area contributed by atoms with E-state index < -0.39 is 5.97 Å². The van der Waals surface area contributed by atoms with Gasteiger partial charge in [-0.1, -0.05) is 0 Å². The topological polar surface area (TPSA) is 110 Å². The molecule has 8 heteroatoms. The second-order valence-corrected chi connectivity index (χ2v) is 5.15. The van der Waals surface area contributed by atoms with Crippen molar-refractivity contribution in [3.8, 4) is 11.4 Å². The number of nitrogens with one attached hydrogen (secondary N) is 1. The van der Waals surface area contributed by atoms with Gasteiger partial charge in [-0.3, -0.25) is 4.79 Å². The number of hydrogen-bond acceptors (Lipinski definition) is 5. The zero-order chi connectivity index (χ0) is 14.4. The van der Waals surface area contributed by atoms with Crippen LogP contribution in [-0.2, 0) is 11.3 Å². The van der Waals surface area contributed by atoms with Crippen molar-refractivity contribution in [2.75, 3.05) is 0 Å². The summed E-state index contributed by atoms with van der Waals surface area (Å²) in [6.07, 6.45) is 2.14. The van der Waals surface area contributed by atoms with Crippen molar-refractivity contribution in [1.82, 2.24) is 30.2 Å². The first-order chi connectivity index (χ1) is 10.2. The van der Waals surface area contributed by atoms with Gasteiger partial charge in [-0.2, -0.15) is 20.5 Å². The molecule has 0 unspecified atom stereocenters. The first-order valence-corrected chi connectivity index (χ1v) is 6.68.